The predicted octanol–water partition coefficient (Wildman–Crippen LogP) is 3.94. The topological polar surface area (TPSA) is 38.7 Å². The Morgan fingerprint density at radius 3 is 2.68 bits per heavy atom. The molecule has 1 aliphatic carbocycles. The Balaban J connectivity index is 2.00. The van der Waals surface area contributed by atoms with Gasteiger partial charge in [0.2, 0.25) is 5.90 Å². The first kappa shape index (κ1) is 12.4. The second-order valence-corrected chi connectivity index (χ2v) is 5.00. The molecule has 1 aliphatic heterocycles. The molecule has 0 amide bonds. The van der Waals surface area contributed by atoms with Crippen LogP contribution < -0.4 is 0 Å². The molecule has 0 saturated carbocycles. The number of esters is 1. The number of ether oxygens (including phenoxy) is 1. The van der Waals surface area contributed by atoms with E-state index >= 15 is 0 Å². The molecular weight excluding hydrogens is 269 g/mol. The van der Waals surface area contributed by atoms with Crippen LogP contribution in [0.2, 0.25) is 5.02 Å². The molecule has 0 N–H and O–H groups in total. The SMILES string of the molecule is O=C1OC(=Nc2ccc(Cl)cc2F)C2=C1CCCC2. The Hall–Kier alpha value is -1.68. The summed E-state index contributed by atoms with van der Waals surface area (Å²) in [5.41, 5.74) is 1.65. The second-order valence-electron chi connectivity index (χ2n) is 4.57. The van der Waals surface area contributed by atoms with Gasteiger partial charge in [0.1, 0.15) is 11.5 Å². The highest BCUT2D eigenvalue weighted by atomic mass is 35.5. The van der Waals surface area contributed by atoms with Gasteiger partial charge in [-0.3, -0.25) is 0 Å². The third-order valence-corrected chi connectivity index (χ3v) is 3.53. The molecule has 0 bridgehead atoms. The fraction of sp³-hybridized carbons (Fsp3) is 0.286. The molecule has 0 saturated heterocycles. The number of nitrogens with zero attached hydrogens (tertiary/aromatic N) is 1. The molecule has 98 valence electrons. The van der Waals surface area contributed by atoms with E-state index in [1.165, 1.54) is 12.1 Å². The lowest BCUT2D eigenvalue weighted by Gasteiger charge is -2.09. The second kappa shape index (κ2) is 4.78. The minimum atomic E-state index is -0.527. The number of aliphatic imine (C=N–C) groups is 1. The molecule has 1 aromatic rings. The van der Waals surface area contributed by atoms with E-state index in [2.05, 4.69) is 4.99 Å². The first-order valence-electron chi connectivity index (χ1n) is 6.13. The Morgan fingerprint density at radius 2 is 1.95 bits per heavy atom. The van der Waals surface area contributed by atoms with Gasteiger partial charge in [0.05, 0.1) is 0 Å². The first-order valence-corrected chi connectivity index (χ1v) is 6.51. The van der Waals surface area contributed by atoms with Crippen LogP contribution in [-0.2, 0) is 9.53 Å². The summed E-state index contributed by atoms with van der Waals surface area (Å²) in [6.07, 6.45) is 3.46. The summed E-state index contributed by atoms with van der Waals surface area (Å²) < 4.78 is 18.8. The fourth-order valence-electron chi connectivity index (χ4n) is 2.35. The minimum Gasteiger partial charge on any atom is -0.404 e. The van der Waals surface area contributed by atoms with E-state index in [0.717, 1.165) is 31.3 Å². The Kier molecular flexibility index (Phi) is 3.11. The maximum atomic E-state index is 13.7. The van der Waals surface area contributed by atoms with Crippen LogP contribution >= 0.6 is 11.6 Å². The van der Waals surface area contributed by atoms with Crippen LogP contribution in [0.15, 0.2) is 34.3 Å². The summed E-state index contributed by atoms with van der Waals surface area (Å²) in [5.74, 6) is -0.635. The van der Waals surface area contributed by atoms with Crippen molar-refractivity contribution in [2.24, 2.45) is 4.99 Å². The van der Waals surface area contributed by atoms with E-state index in [1.807, 2.05) is 0 Å². The lowest BCUT2D eigenvalue weighted by molar-refractivity contribution is -0.130. The van der Waals surface area contributed by atoms with Gasteiger partial charge < -0.3 is 4.74 Å². The van der Waals surface area contributed by atoms with E-state index in [9.17, 15) is 9.18 Å². The van der Waals surface area contributed by atoms with Gasteiger partial charge in [-0.2, -0.15) is 0 Å². The summed E-state index contributed by atoms with van der Waals surface area (Å²) in [4.78, 5) is 15.8. The molecule has 3 rings (SSSR count). The van der Waals surface area contributed by atoms with Gasteiger partial charge in [-0.15, -0.1) is 0 Å². The van der Waals surface area contributed by atoms with Crippen LogP contribution in [-0.4, -0.2) is 11.9 Å². The molecular formula is C14H11ClFNO2. The van der Waals surface area contributed by atoms with Gasteiger partial charge in [0, 0.05) is 16.2 Å². The van der Waals surface area contributed by atoms with Gasteiger partial charge in [-0.05, 0) is 43.9 Å². The summed E-state index contributed by atoms with van der Waals surface area (Å²) in [6.45, 7) is 0. The third kappa shape index (κ3) is 2.28. The normalized spacial score (nSPS) is 20.7. The van der Waals surface area contributed by atoms with Crippen molar-refractivity contribution in [3.63, 3.8) is 0 Å². The van der Waals surface area contributed by atoms with Crippen molar-refractivity contribution in [2.45, 2.75) is 25.7 Å². The zero-order valence-corrected chi connectivity index (χ0v) is 10.8. The molecule has 0 unspecified atom stereocenters. The van der Waals surface area contributed by atoms with Crippen molar-refractivity contribution in [1.29, 1.82) is 0 Å². The zero-order chi connectivity index (χ0) is 13.4. The molecule has 1 heterocycles. The minimum absolute atomic E-state index is 0.131. The molecule has 0 aromatic heterocycles. The van der Waals surface area contributed by atoms with E-state index in [0.29, 0.717) is 10.6 Å². The highest BCUT2D eigenvalue weighted by Gasteiger charge is 2.32. The van der Waals surface area contributed by atoms with Crippen molar-refractivity contribution in [3.05, 3.63) is 40.2 Å². The number of benzene rings is 1. The average Bonchev–Trinajstić information content (AvgIpc) is 2.71. The van der Waals surface area contributed by atoms with Crippen molar-refractivity contribution < 1.29 is 13.9 Å². The van der Waals surface area contributed by atoms with E-state index in [-0.39, 0.29) is 17.6 Å². The lowest BCUT2D eigenvalue weighted by atomic mass is 9.93. The quantitative estimate of drug-likeness (QED) is 0.731. The fourth-order valence-corrected chi connectivity index (χ4v) is 2.51. The molecule has 0 atom stereocenters. The average molecular weight is 280 g/mol. The number of carbonyl (C=O) groups is 1. The van der Waals surface area contributed by atoms with E-state index < -0.39 is 5.82 Å². The van der Waals surface area contributed by atoms with Crippen molar-refractivity contribution in [3.8, 4) is 0 Å². The van der Waals surface area contributed by atoms with Crippen LogP contribution in [0, 0.1) is 5.82 Å². The van der Waals surface area contributed by atoms with Crippen LogP contribution in [0.3, 0.4) is 0 Å². The maximum Gasteiger partial charge on any atom is 0.341 e. The van der Waals surface area contributed by atoms with Crippen molar-refractivity contribution >= 4 is 29.2 Å². The molecule has 0 fully saturated rings. The van der Waals surface area contributed by atoms with Gasteiger partial charge in [0.15, 0.2) is 0 Å². The standard InChI is InChI=1S/C14H11ClFNO2/c15-8-5-6-12(11(16)7-8)17-13-9-3-1-2-4-10(9)14(18)19-13/h5-7H,1-4H2. The van der Waals surface area contributed by atoms with Gasteiger partial charge >= 0.3 is 5.97 Å². The summed E-state index contributed by atoms with van der Waals surface area (Å²) in [6, 6.07) is 4.21. The Labute approximate surface area is 114 Å². The number of halogens is 2. The Bertz CT molecular complexity index is 622. The molecule has 3 nitrogen and oxygen atoms in total. The molecule has 0 radical (unpaired) electrons. The summed E-state index contributed by atoms with van der Waals surface area (Å²) >= 11 is 5.68. The van der Waals surface area contributed by atoms with Gasteiger partial charge in [-0.1, -0.05) is 11.6 Å². The van der Waals surface area contributed by atoms with Crippen LogP contribution in [0.1, 0.15) is 25.7 Å². The van der Waals surface area contributed by atoms with Crippen LogP contribution in [0.5, 0.6) is 0 Å². The highest BCUT2D eigenvalue weighted by molar-refractivity contribution is 6.30. The largest absolute Gasteiger partial charge is 0.404 e. The lowest BCUT2D eigenvalue weighted by Crippen LogP contribution is -2.03. The van der Waals surface area contributed by atoms with Crippen LogP contribution in [0.25, 0.3) is 0 Å². The van der Waals surface area contributed by atoms with Crippen molar-refractivity contribution in [1.82, 2.24) is 0 Å². The number of carbonyl (C=O) groups excluding carboxylic acids is 1. The summed E-state index contributed by atoms with van der Waals surface area (Å²) in [7, 11) is 0. The number of cyclic esters (lactones) is 1. The van der Waals surface area contributed by atoms with Crippen molar-refractivity contribution in [2.75, 3.05) is 0 Å². The maximum absolute atomic E-state index is 13.7. The predicted molar refractivity (Wildman–Crippen MR) is 70.1 cm³/mol. The van der Waals surface area contributed by atoms with Gasteiger partial charge in [-0.25, -0.2) is 14.2 Å². The third-order valence-electron chi connectivity index (χ3n) is 3.29. The first-order chi connectivity index (χ1) is 9.15. The summed E-state index contributed by atoms with van der Waals surface area (Å²) in [5, 5.41) is 0.308. The van der Waals surface area contributed by atoms with Gasteiger partial charge in [0.25, 0.3) is 0 Å². The Morgan fingerprint density at radius 1 is 1.21 bits per heavy atom. The smallest absolute Gasteiger partial charge is 0.341 e. The van der Waals surface area contributed by atoms with E-state index in [1.54, 1.807) is 6.07 Å². The van der Waals surface area contributed by atoms with E-state index in [4.69, 9.17) is 16.3 Å². The highest BCUT2D eigenvalue weighted by Crippen LogP contribution is 2.33. The molecule has 5 heteroatoms. The van der Waals surface area contributed by atoms with Crippen LogP contribution in [0.4, 0.5) is 10.1 Å². The molecule has 1 aromatic carbocycles. The number of rotatable bonds is 1. The number of hydrogen-bond donors (Lipinski definition) is 0. The zero-order valence-electron chi connectivity index (χ0n) is 10.1. The number of hydrogen-bond acceptors (Lipinski definition) is 3. The molecule has 19 heavy (non-hydrogen) atoms. The monoisotopic (exact) mass is 279 g/mol. The molecule has 2 aliphatic rings. The molecule has 0 spiro atoms.